The molecule has 0 aliphatic heterocycles. The summed E-state index contributed by atoms with van der Waals surface area (Å²) in [6, 6.07) is 20.8. The molecular weight excluding hydrogens is 391 g/mol. The van der Waals surface area contributed by atoms with Gasteiger partial charge in [0.25, 0.3) is 0 Å². The van der Waals surface area contributed by atoms with Gasteiger partial charge in [0.2, 0.25) is 0 Å². The van der Waals surface area contributed by atoms with Crippen molar-refractivity contribution in [2.75, 3.05) is 0 Å². The smallest absolute Gasteiger partial charge is 0.343 e. The highest BCUT2D eigenvalue weighted by atomic mass is 19.1. The predicted molar refractivity (Wildman–Crippen MR) is 122 cm³/mol. The van der Waals surface area contributed by atoms with Gasteiger partial charge >= 0.3 is 5.97 Å². The minimum atomic E-state index is -0.623. The van der Waals surface area contributed by atoms with Gasteiger partial charge in [-0.25, -0.2) is 9.18 Å². The molecule has 0 bridgehead atoms. The highest BCUT2D eigenvalue weighted by Crippen LogP contribution is 2.27. The molecule has 0 atom stereocenters. The molecule has 0 aliphatic rings. The Morgan fingerprint density at radius 1 is 0.903 bits per heavy atom. The maximum absolute atomic E-state index is 13.9. The standard InChI is InChI=1S/C27H21FO3/c1-17-13-19(14-18(2)26(17)29)11-12-21-16-22(15-20-7-3-4-8-23(20)21)27(30)31-25-10-6-5-9-24(25)28/h3-16,29H,1-2H3/b12-11+. The molecule has 0 heterocycles. The highest BCUT2D eigenvalue weighted by molar-refractivity contribution is 6.01. The average Bonchev–Trinajstić information content (AvgIpc) is 2.77. The van der Waals surface area contributed by atoms with Crippen LogP contribution in [0.15, 0.2) is 72.8 Å². The Kier molecular flexibility index (Phi) is 5.54. The molecule has 31 heavy (non-hydrogen) atoms. The Morgan fingerprint density at radius 3 is 2.32 bits per heavy atom. The fourth-order valence-electron chi connectivity index (χ4n) is 3.55. The predicted octanol–water partition coefficient (Wildman–Crippen LogP) is 6.69. The number of phenolic OH excluding ortho intramolecular Hbond substituents is 1. The summed E-state index contributed by atoms with van der Waals surface area (Å²) in [5.74, 6) is -1.02. The highest BCUT2D eigenvalue weighted by Gasteiger charge is 2.14. The van der Waals surface area contributed by atoms with Crippen molar-refractivity contribution in [3.8, 4) is 11.5 Å². The van der Waals surface area contributed by atoms with Crippen molar-refractivity contribution >= 4 is 28.9 Å². The normalized spacial score (nSPS) is 11.2. The van der Waals surface area contributed by atoms with E-state index in [2.05, 4.69) is 0 Å². The number of ether oxygens (including phenoxy) is 1. The molecule has 0 saturated heterocycles. The number of carbonyl (C=O) groups excluding carboxylic acids is 1. The number of para-hydroxylation sites is 1. The Bertz CT molecular complexity index is 1300. The van der Waals surface area contributed by atoms with Crippen molar-refractivity contribution in [1.29, 1.82) is 0 Å². The summed E-state index contributed by atoms with van der Waals surface area (Å²) < 4.78 is 19.2. The van der Waals surface area contributed by atoms with E-state index in [0.717, 1.165) is 33.0 Å². The summed E-state index contributed by atoms with van der Waals surface area (Å²) in [7, 11) is 0. The second-order valence-electron chi connectivity index (χ2n) is 7.44. The van der Waals surface area contributed by atoms with Crippen LogP contribution >= 0.6 is 0 Å². The quantitative estimate of drug-likeness (QED) is 0.231. The first-order chi connectivity index (χ1) is 14.9. The molecule has 4 aromatic rings. The number of aromatic hydroxyl groups is 1. The third-order valence-electron chi connectivity index (χ3n) is 5.14. The van der Waals surface area contributed by atoms with Gasteiger partial charge in [-0.3, -0.25) is 0 Å². The van der Waals surface area contributed by atoms with Crippen LogP contribution in [0.4, 0.5) is 4.39 Å². The third kappa shape index (κ3) is 4.33. The van der Waals surface area contributed by atoms with Crippen LogP contribution in [-0.4, -0.2) is 11.1 Å². The zero-order valence-corrected chi connectivity index (χ0v) is 17.2. The summed E-state index contributed by atoms with van der Waals surface area (Å²) in [6.45, 7) is 3.71. The average molecular weight is 412 g/mol. The van der Waals surface area contributed by atoms with E-state index in [0.29, 0.717) is 11.3 Å². The lowest BCUT2D eigenvalue weighted by Gasteiger charge is -2.09. The van der Waals surface area contributed by atoms with Gasteiger partial charge < -0.3 is 9.84 Å². The first kappa shape index (κ1) is 20.4. The van der Waals surface area contributed by atoms with Crippen LogP contribution in [0.3, 0.4) is 0 Å². The summed E-state index contributed by atoms with van der Waals surface area (Å²) in [5.41, 5.74) is 3.70. The van der Waals surface area contributed by atoms with Gasteiger partial charge in [-0.15, -0.1) is 0 Å². The molecule has 1 N–H and O–H groups in total. The van der Waals surface area contributed by atoms with Crippen LogP contribution in [0, 0.1) is 19.7 Å². The van der Waals surface area contributed by atoms with E-state index in [-0.39, 0.29) is 5.75 Å². The number of fused-ring (bicyclic) bond motifs is 1. The Hall–Kier alpha value is -3.92. The topological polar surface area (TPSA) is 46.5 Å². The van der Waals surface area contributed by atoms with Crippen molar-refractivity contribution in [3.63, 3.8) is 0 Å². The minimum Gasteiger partial charge on any atom is -0.507 e. The molecular formula is C27H21FO3. The molecule has 0 spiro atoms. The molecule has 4 aromatic carbocycles. The molecule has 0 aliphatic carbocycles. The Morgan fingerprint density at radius 2 is 1.58 bits per heavy atom. The SMILES string of the molecule is Cc1cc(/C=C/c2cc(C(=O)Oc3ccccc3F)cc3ccccc23)cc(C)c1O. The first-order valence-corrected chi connectivity index (χ1v) is 9.90. The fourth-order valence-corrected chi connectivity index (χ4v) is 3.55. The first-order valence-electron chi connectivity index (χ1n) is 9.90. The molecule has 0 amide bonds. The molecule has 4 rings (SSSR count). The van der Waals surface area contributed by atoms with E-state index in [1.54, 1.807) is 24.3 Å². The van der Waals surface area contributed by atoms with Gasteiger partial charge in [-0.1, -0.05) is 48.6 Å². The second-order valence-corrected chi connectivity index (χ2v) is 7.44. The number of esters is 1. The summed E-state index contributed by atoms with van der Waals surface area (Å²) >= 11 is 0. The van der Waals surface area contributed by atoms with Gasteiger partial charge in [0.1, 0.15) is 5.75 Å². The molecule has 0 aromatic heterocycles. The second kappa shape index (κ2) is 8.44. The third-order valence-corrected chi connectivity index (χ3v) is 5.14. The number of rotatable bonds is 4. The van der Waals surface area contributed by atoms with Crippen LogP contribution in [0.5, 0.6) is 11.5 Å². The zero-order valence-electron chi connectivity index (χ0n) is 17.2. The lowest BCUT2D eigenvalue weighted by atomic mass is 9.99. The lowest BCUT2D eigenvalue weighted by molar-refractivity contribution is 0.0728. The van der Waals surface area contributed by atoms with E-state index in [4.69, 9.17) is 4.74 Å². The van der Waals surface area contributed by atoms with E-state index < -0.39 is 11.8 Å². The fraction of sp³-hybridized carbons (Fsp3) is 0.0741. The summed E-state index contributed by atoms with van der Waals surface area (Å²) in [6.07, 6.45) is 3.86. The monoisotopic (exact) mass is 412 g/mol. The number of carbonyl (C=O) groups is 1. The van der Waals surface area contributed by atoms with Crippen molar-refractivity contribution in [2.45, 2.75) is 13.8 Å². The van der Waals surface area contributed by atoms with Gasteiger partial charge in [0, 0.05) is 0 Å². The van der Waals surface area contributed by atoms with Crippen LogP contribution in [-0.2, 0) is 0 Å². The van der Waals surface area contributed by atoms with Crippen molar-refractivity contribution < 1.29 is 19.0 Å². The van der Waals surface area contributed by atoms with Crippen LogP contribution in [0.2, 0.25) is 0 Å². The van der Waals surface area contributed by atoms with Crippen molar-refractivity contribution in [3.05, 3.63) is 106 Å². The summed E-state index contributed by atoms with van der Waals surface area (Å²) in [4.78, 5) is 12.7. The molecule has 0 fully saturated rings. The Labute approximate surface area is 180 Å². The molecule has 0 unspecified atom stereocenters. The largest absolute Gasteiger partial charge is 0.507 e. The number of hydrogen-bond donors (Lipinski definition) is 1. The number of halogens is 1. The van der Waals surface area contributed by atoms with Crippen molar-refractivity contribution in [1.82, 2.24) is 0 Å². The molecule has 4 heteroatoms. The molecule has 0 radical (unpaired) electrons. The number of hydrogen-bond acceptors (Lipinski definition) is 3. The molecule has 0 saturated carbocycles. The summed E-state index contributed by atoms with van der Waals surface area (Å²) in [5, 5.41) is 11.9. The van der Waals surface area contributed by atoms with Crippen LogP contribution in [0.25, 0.3) is 22.9 Å². The van der Waals surface area contributed by atoms with Gasteiger partial charge in [0.05, 0.1) is 5.56 Å². The van der Waals surface area contributed by atoms with Gasteiger partial charge in [-0.05, 0) is 83.3 Å². The number of aryl methyl sites for hydroxylation is 2. The number of phenols is 1. The van der Waals surface area contributed by atoms with Crippen LogP contribution < -0.4 is 4.74 Å². The Balaban J connectivity index is 1.73. The van der Waals surface area contributed by atoms with Crippen molar-refractivity contribution in [2.24, 2.45) is 0 Å². The van der Waals surface area contributed by atoms with E-state index in [1.807, 2.05) is 62.4 Å². The maximum atomic E-state index is 13.9. The number of benzene rings is 4. The van der Waals surface area contributed by atoms with E-state index in [9.17, 15) is 14.3 Å². The lowest BCUT2D eigenvalue weighted by Crippen LogP contribution is -2.09. The molecule has 3 nitrogen and oxygen atoms in total. The van der Waals surface area contributed by atoms with Gasteiger partial charge in [-0.2, -0.15) is 0 Å². The van der Waals surface area contributed by atoms with Gasteiger partial charge in [0.15, 0.2) is 11.6 Å². The van der Waals surface area contributed by atoms with Crippen LogP contribution in [0.1, 0.15) is 32.6 Å². The zero-order chi connectivity index (χ0) is 22.0. The van der Waals surface area contributed by atoms with E-state index >= 15 is 0 Å². The van der Waals surface area contributed by atoms with E-state index in [1.165, 1.54) is 12.1 Å². The molecule has 154 valence electrons. The minimum absolute atomic E-state index is 0.104. The maximum Gasteiger partial charge on any atom is 0.343 e.